The van der Waals surface area contributed by atoms with Crippen LogP contribution in [0.25, 0.3) is 0 Å². The van der Waals surface area contributed by atoms with E-state index in [1.165, 1.54) is 0 Å². The van der Waals surface area contributed by atoms with E-state index < -0.39 is 26.8 Å². The molecule has 0 aliphatic heterocycles. The predicted octanol–water partition coefficient (Wildman–Crippen LogP) is -0.0393. The molecule has 0 fully saturated rings. The zero-order valence-corrected chi connectivity index (χ0v) is 10.4. The van der Waals surface area contributed by atoms with E-state index in [9.17, 15) is 13.2 Å². The lowest BCUT2D eigenvalue weighted by atomic mass is 10.3. The number of nitrogens with one attached hydrogen (secondary N) is 1. The molecule has 0 aromatic carbocycles. The lowest BCUT2D eigenvalue weighted by Crippen LogP contribution is -2.40. The van der Waals surface area contributed by atoms with Gasteiger partial charge in [-0.05, 0) is 27.8 Å². The van der Waals surface area contributed by atoms with E-state index in [2.05, 4.69) is 10.1 Å². The number of esters is 1. The molecule has 0 bridgehead atoms. The van der Waals surface area contributed by atoms with Crippen molar-refractivity contribution in [2.45, 2.75) is 32.1 Å². The molecule has 0 heterocycles. The van der Waals surface area contributed by atoms with Crippen molar-refractivity contribution < 1.29 is 17.9 Å². The predicted molar refractivity (Wildman–Crippen MR) is 58.4 cm³/mol. The smallest absolute Gasteiger partial charge is 0.321 e. The zero-order valence-electron chi connectivity index (χ0n) is 9.61. The maximum atomic E-state index is 11.7. The Balaban J connectivity index is 4.48. The Morgan fingerprint density at radius 3 is 2.33 bits per heavy atom. The van der Waals surface area contributed by atoms with Crippen LogP contribution in [0.4, 0.5) is 0 Å². The van der Waals surface area contributed by atoms with Gasteiger partial charge >= 0.3 is 5.97 Å². The topological polar surface area (TPSA) is 72.5 Å². The van der Waals surface area contributed by atoms with E-state index in [1.54, 1.807) is 27.8 Å². The first-order valence-corrected chi connectivity index (χ1v) is 6.61. The van der Waals surface area contributed by atoms with Crippen molar-refractivity contribution in [2.24, 2.45) is 0 Å². The van der Waals surface area contributed by atoms with Gasteiger partial charge in [-0.25, -0.2) is 8.42 Å². The van der Waals surface area contributed by atoms with Crippen LogP contribution in [0.5, 0.6) is 0 Å². The molecule has 0 saturated heterocycles. The van der Waals surface area contributed by atoms with E-state index in [4.69, 9.17) is 0 Å². The molecule has 0 saturated carbocycles. The molecule has 0 rings (SSSR count). The summed E-state index contributed by atoms with van der Waals surface area (Å²) < 4.78 is 28.0. The van der Waals surface area contributed by atoms with Gasteiger partial charge in [0.15, 0.2) is 9.84 Å². The molecule has 0 aromatic rings. The lowest BCUT2D eigenvalue weighted by molar-refractivity contribution is -0.139. The van der Waals surface area contributed by atoms with Crippen molar-refractivity contribution in [3.05, 3.63) is 0 Å². The molecule has 90 valence electrons. The van der Waals surface area contributed by atoms with Gasteiger partial charge < -0.3 is 10.1 Å². The first-order valence-electron chi connectivity index (χ1n) is 4.89. The molecule has 2 unspecified atom stereocenters. The highest BCUT2D eigenvalue weighted by Gasteiger charge is 2.28. The van der Waals surface area contributed by atoms with Crippen LogP contribution in [0, 0.1) is 0 Å². The maximum Gasteiger partial charge on any atom is 0.321 e. The third-order valence-electron chi connectivity index (χ3n) is 2.35. The molecule has 2 atom stereocenters. The molecule has 0 amide bonds. The van der Waals surface area contributed by atoms with Crippen molar-refractivity contribution in [1.82, 2.24) is 5.32 Å². The van der Waals surface area contributed by atoms with Crippen molar-refractivity contribution >= 4 is 15.8 Å². The van der Waals surface area contributed by atoms with Crippen molar-refractivity contribution in [1.29, 1.82) is 0 Å². The number of hydrogen-bond acceptors (Lipinski definition) is 5. The summed E-state index contributed by atoms with van der Waals surface area (Å²) in [6, 6.07) is -0.190. The average Bonchev–Trinajstić information content (AvgIpc) is 2.15. The summed E-state index contributed by atoms with van der Waals surface area (Å²) in [5, 5.41) is 2.24. The standard InChI is InChI=1S/C9H19NO4S/c1-5-14-9(11)6-15(12,13)8(3)7(2)10-4/h7-8,10H,5-6H2,1-4H3. The van der Waals surface area contributed by atoms with Gasteiger partial charge in [-0.1, -0.05) is 0 Å². The van der Waals surface area contributed by atoms with E-state index in [0.29, 0.717) is 0 Å². The minimum atomic E-state index is -3.43. The van der Waals surface area contributed by atoms with E-state index in [0.717, 1.165) is 0 Å². The molecule has 6 heteroatoms. The second-order valence-electron chi connectivity index (χ2n) is 3.39. The summed E-state index contributed by atoms with van der Waals surface area (Å²) in [6.07, 6.45) is 0. The fourth-order valence-electron chi connectivity index (χ4n) is 1.04. The third-order valence-corrected chi connectivity index (χ3v) is 4.53. The van der Waals surface area contributed by atoms with Crippen LogP contribution < -0.4 is 5.32 Å². The SMILES string of the molecule is CCOC(=O)CS(=O)(=O)C(C)C(C)NC. The summed E-state index contributed by atoms with van der Waals surface area (Å²) in [5.74, 6) is -1.23. The molecular formula is C9H19NO4S. The van der Waals surface area contributed by atoms with E-state index >= 15 is 0 Å². The molecule has 0 spiro atoms. The molecule has 0 aromatic heterocycles. The maximum absolute atomic E-state index is 11.7. The Labute approximate surface area is 91.1 Å². The van der Waals surface area contributed by atoms with E-state index in [-0.39, 0.29) is 12.6 Å². The minimum Gasteiger partial charge on any atom is -0.465 e. The van der Waals surface area contributed by atoms with Gasteiger partial charge in [0.05, 0.1) is 11.9 Å². The van der Waals surface area contributed by atoms with Gasteiger partial charge in [-0.15, -0.1) is 0 Å². The highest BCUT2D eigenvalue weighted by atomic mass is 32.2. The molecule has 15 heavy (non-hydrogen) atoms. The van der Waals surface area contributed by atoms with Crippen LogP contribution in [-0.2, 0) is 19.4 Å². The van der Waals surface area contributed by atoms with Gasteiger partial charge in [0.2, 0.25) is 0 Å². The number of ether oxygens (including phenoxy) is 1. The number of carbonyl (C=O) groups is 1. The summed E-state index contributed by atoms with van der Waals surface area (Å²) in [4.78, 5) is 11.1. The second kappa shape index (κ2) is 6.07. The monoisotopic (exact) mass is 237 g/mol. The minimum absolute atomic E-state index is 0.190. The van der Waals surface area contributed by atoms with Crippen LogP contribution in [-0.4, -0.2) is 45.1 Å². The van der Waals surface area contributed by atoms with Crippen LogP contribution in [0.15, 0.2) is 0 Å². The zero-order chi connectivity index (χ0) is 12.1. The van der Waals surface area contributed by atoms with Gasteiger partial charge in [-0.2, -0.15) is 0 Å². The molecule has 0 aliphatic carbocycles. The summed E-state index contributed by atoms with van der Waals surface area (Å²) in [6.45, 7) is 5.18. The molecule has 5 nitrogen and oxygen atoms in total. The normalized spacial score (nSPS) is 15.7. The Morgan fingerprint density at radius 2 is 1.93 bits per heavy atom. The second-order valence-corrected chi connectivity index (χ2v) is 5.75. The van der Waals surface area contributed by atoms with Crippen LogP contribution in [0.3, 0.4) is 0 Å². The Bertz CT molecular complexity index is 299. The Kier molecular flexibility index (Phi) is 5.82. The largest absolute Gasteiger partial charge is 0.465 e. The first kappa shape index (κ1) is 14.4. The number of rotatable bonds is 6. The van der Waals surface area contributed by atoms with Crippen molar-refractivity contribution in [3.63, 3.8) is 0 Å². The highest BCUT2D eigenvalue weighted by molar-refractivity contribution is 7.92. The fourth-order valence-corrected chi connectivity index (χ4v) is 2.48. The Hall–Kier alpha value is -0.620. The van der Waals surface area contributed by atoms with Crippen molar-refractivity contribution in [2.75, 3.05) is 19.4 Å². The van der Waals surface area contributed by atoms with E-state index in [1.807, 2.05) is 0 Å². The average molecular weight is 237 g/mol. The third kappa shape index (κ3) is 4.61. The van der Waals surface area contributed by atoms with Gasteiger partial charge in [0.25, 0.3) is 0 Å². The lowest BCUT2D eigenvalue weighted by Gasteiger charge is -2.18. The molecular weight excluding hydrogens is 218 g/mol. The highest BCUT2D eigenvalue weighted by Crippen LogP contribution is 2.07. The molecule has 1 N–H and O–H groups in total. The van der Waals surface area contributed by atoms with Crippen LogP contribution >= 0.6 is 0 Å². The molecule has 0 radical (unpaired) electrons. The van der Waals surface area contributed by atoms with Gasteiger partial charge in [0, 0.05) is 6.04 Å². The number of hydrogen-bond donors (Lipinski definition) is 1. The van der Waals surface area contributed by atoms with Crippen LogP contribution in [0.1, 0.15) is 20.8 Å². The summed E-state index contributed by atoms with van der Waals surface area (Å²) >= 11 is 0. The van der Waals surface area contributed by atoms with Crippen molar-refractivity contribution in [3.8, 4) is 0 Å². The first-order chi connectivity index (χ1) is 6.85. The van der Waals surface area contributed by atoms with Crippen LogP contribution in [0.2, 0.25) is 0 Å². The van der Waals surface area contributed by atoms with Gasteiger partial charge in [0.1, 0.15) is 5.75 Å². The Morgan fingerprint density at radius 1 is 1.40 bits per heavy atom. The fraction of sp³-hybridized carbons (Fsp3) is 0.889. The summed E-state index contributed by atoms with van der Waals surface area (Å²) in [5.41, 5.74) is 0. The molecule has 0 aliphatic rings. The summed E-state index contributed by atoms with van der Waals surface area (Å²) in [7, 11) is -1.75. The quantitative estimate of drug-likeness (QED) is 0.656. The number of carbonyl (C=O) groups excluding carboxylic acids is 1. The number of sulfone groups is 1. The van der Waals surface area contributed by atoms with Gasteiger partial charge in [-0.3, -0.25) is 4.79 Å².